The number of nitrogens with zero attached hydrogens (tertiary/aromatic N) is 4. The van der Waals surface area contributed by atoms with Crippen molar-refractivity contribution in [2.24, 2.45) is 0 Å². The molecule has 0 radical (unpaired) electrons. The number of hydrogen-bond acceptors (Lipinski definition) is 6. The molecule has 2 N–H and O–H groups in total. The van der Waals surface area contributed by atoms with Gasteiger partial charge in [0.25, 0.3) is 5.91 Å². The number of nitrogens with one attached hydrogen (secondary N) is 1. The van der Waals surface area contributed by atoms with Gasteiger partial charge in [-0.2, -0.15) is 0 Å². The Hall–Kier alpha value is -3.94. The molecule has 0 bridgehead atoms. The number of phenolic OH excluding ortho intramolecular Hbond substituents is 1. The summed E-state index contributed by atoms with van der Waals surface area (Å²) in [5.74, 6) is 0.688. The molecule has 0 spiro atoms. The predicted molar refractivity (Wildman–Crippen MR) is 105 cm³/mol. The molecule has 1 aromatic carbocycles. The van der Waals surface area contributed by atoms with E-state index in [1.54, 1.807) is 42.7 Å². The zero-order valence-corrected chi connectivity index (χ0v) is 14.3. The van der Waals surface area contributed by atoms with Gasteiger partial charge in [0.05, 0.1) is 18.0 Å². The van der Waals surface area contributed by atoms with Crippen LogP contribution in [0.1, 0.15) is 23.5 Å². The summed E-state index contributed by atoms with van der Waals surface area (Å²) < 4.78 is 7.17. The standard InChI is InChI=1S/C19H15N5O3.CH4/c1-12-6-7-13(10-20-12)27-18-9-8-17-21-16(11-24(17)23-18)22-19(26)14-4-2-3-5-15(14)25;/h2-11,25H,1H3,(H,22,26);1H4. The van der Waals surface area contributed by atoms with Crippen LogP contribution in [0.15, 0.2) is 60.9 Å². The highest BCUT2D eigenvalue weighted by atomic mass is 16.5. The highest BCUT2D eigenvalue weighted by Crippen LogP contribution is 2.21. The average Bonchev–Trinajstić information content (AvgIpc) is 3.05. The quantitative estimate of drug-likeness (QED) is 0.561. The summed E-state index contributed by atoms with van der Waals surface area (Å²) in [6, 6.07) is 13.3. The predicted octanol–water partition coefficient (Wildman–Crippen LogP) is 3.82. The highest BCUT2D eigenvalue weighted by molar-refractivity contribution is 6.05. The lowest BCUT2D eigenvalue weighted by Crippen LogP contribution is -2.12. The summed E-state index contributed by atoms with van der Waals surface area (Å²) in [4.78, 5) is 20.7. The first-order valence-corrected chi connectivity index (χ1v) is 8.15. The maximum Gasteiger partial charge on any atom is 0.260 e. The number of rotatable bonds is 4. The van der Waals surface area contributed by atoms with Crippen molar-refractivity contribution >= 4 is 17.4 Å². The molecule has 4 aromatic rings. The molecule has 0 saturated heterocycles. The molecule has 0 aliphatic rings. The largest absolute Gasteiger partial charge is 0.507 e. The first-order valence-electron chi connectivity index (χ1n) is 8.15. The monoisotopic (exact) mass is 377 g/mol. The van der Waals surface area contributed by atoms with E-state index in [4.69, 9.17) is 4.74 Å². The molecule has 8 nitrogen and oxygen atoms in total. The van der Waals surface area contributed by atoms with Gasteiger partial charge in [-0.1, -0.05) is 19.6 Å². The smallest absolute Gasteiger partial charge is 0.260 e. The van der Waals surface area contributed by atoms with Gasteiger partial charge in [-0.15, -0.1) is 5.10 Å². The number of aromatic hydroxyl groups is 1. The summed E-state index contributed by atoms with van der Waals surface area (Å²) in [6.45, 7) is 1.89. The molecular formula is C20H19N5O3. The van der Waals surface area contributed by atoms with Crippen LogP contribution < -0.4 is 10.1 Å². The summed E-state index contributed by atoms with van der Waals surface area (Å²) in [6.07, 6.45) is 3.18. The van der Waals surface area contributed by atoms with Gasteiger partial charge in [-0.05, 0) is 37.3 Å². The molecule has 4 rings (SSSR count). The molecular weight excluding hydrogens is 358 g/mol. The number of para-hydroxylation sites is 1. The zero-order chi connectivity index (χ0) is 18.8. The minimum absolute atomic E-state index is 0. The van der Waals surface area contributed by atoms with Crippen LogP contribution in [0.3, 0.4) is 0 Å². The topological polar surface area (TPSA) is 102 Å². The van der Waals surface area contributed by atoms with Gasteiger partial charge in [-0.25, -0.2) is 9.50 Å². The molecule has 0 unspecified atom stereocenters. The Morgan fingerprint density at radius 3 is 2.71 bits per heavy atom. The van der Waals surface area contributed by atoms with E-state index in [-0.39, 0.29) is 18.7 Å². The number of benzene rings is 1. The Morgan fingerprint density at radius 2 is 1.96 bits per heavy atom. The number of anilines is 1. The van der Waals surface area contributed by atoms with Crippen molar-refractivity contribution in [3.63, 3.8) is 0 Å². The molecule has 0 aliphatic heterocycles. The second-order valence-electron chi connectivity index (χ2n) is 5.81. The summed E-state index contributed by atoms with van der Waals surface area (Å²) in [5.41, 5.74) is 1.60. The normalized spacial score (nSPS) is 10.3. The fourth-order valence-electron chi connectivity index (χ4n) is 2.46. The van der Waals surface area contributed by atoms with Crippen LogP contribution in [0.5, 0.6) is 17.4 Å². The van der Waals surface area contributed by atoms with Crippen LogP contribution >= 0.6 is 0 Å². The van der Waals surface area contributed by atoms with Crippen molar-refractivity contribution in [1.29, 1.82) is 0 Å². The van der Waals surface area contributed by atoms with Gasteiger partial charge in [0.1, 0.15) is 11.5 Å². The molecule has 8 heteroatoms. The van der Waals surface area contributed by atoms with Gasteiger partial charge >= 0.3 is 0 Å². The number of amides is 1. The van der Waals surface area contributed by atoms with Crippen LogP contribution in [-0.2, 0) is 0 Å². The second-order valence-corrected chi connectivity index (χ2v) is 5.81. The Morgan fingerprint density at radius 1 is 1.14 bits per heavy atom. The minimum atomic E-state index is -0.460. The molecule has 142 valence electrons. The molecule has 28 heavy (non-hydrogen) atoms. The summed E-state index contributed by atoms with van der Waals surface area (Å²) in [7, 11) is 0. The molecule has 0 saturated carbocycles. The third kappa shape index (κ3) is 3.90. The molecule has 3 heterocycles. The number of ether oxygens (including phenoxy) is 1. The number of carbonyl (C=O) groups excluding carboxylic acids is 1. The van der Waals surface area contributed by atoms with Crippen molar-refractivity contribution in [3.05, 3.63) is 72.2 Å². The minimum Gasteiger partial charge on any atom is -0.507 e. The highest BCUT2D eigenvalue weighted by Gasteiger charge is 2.13. The van der Waals surface area contributed by atoms with E-state index in [0.29, 0.717) is 23.1 Å². The van der Waals surface area contributed by atoms with Crippen molar-refractivity contribution in [1.82, 2.24) is 19.6 Å². The SMILES string of the molecule is C.Cc1ccc(Oc2ccc3nc(NC(=O)c4ccccc4O)cn3n2)cn1. The summed E-state index contributed by atoms with van der Waals surface area (Å²) in [5, 5.41) is 16.7. The van der Waals surface area contributed by atoms with Gasteiger partial charge in [0, 0.05) is 11.8 Å². The van der Waals surface area contributed by atoms with Crippen molar-refractivity contribution in [2.75, 3.05) is 5.32 Å². The van der Waals surface area contributed by atoms with Gasteiger partial charge in [0.2, 0.25) is 5.88 Å². The number of aryl methyl sites for hydroxylation is 1. The Kier molecular flexibility index (Phi) is 5.21. The third-order valence-electron chi connectivity index (χ3n) is 3.79. The second kappa shape index (κ2) is 7.75. The number of fused-ring (bicyclic) bond motifs is 1. The lowest BCUT2D eigenvalue weighted by molar-refractivity contribution is 0.102. The first-order chi connectivity index (χ1) is 13.1. The van der Waals surface area contributed by atoms with E-state index >= 15 is 0 Å². The third-order valence-corrected chi connectivity index (χ3v) is 3.79. The maximum atomic E-state index is 12.3. The fraction of sp³-hybridized carbons (Fsp3) is 0.100. The number of hydrogen-bond donors (Lipinski definition) is 2. The lowest BCUT2D eigenvalue weighted by Gasteiger charge is -2.04. The average molecular weight is 377 g/mol. The Balaban J connectivity index is 0.00000225. The fourth-order valence-corrected chi connectivity index (χ4v) is 2.46. The van der Waals surface area contributed by atoms with Crippen LogP contribution in [0.25, 0.3) is 5.65 Å². The van der Waals surface area contributed by atoms with Crippen LogP contribution in [0, 0.1) is 6.92 Å². The zero-order valence-electron chi connectivity index (χ0n) is 14.3. The van der Waals surface area contributed by atoms with Crippen LogP contribution in [0.4, 0.5) is 5.82 Å². The Bertz CT molecular complexity index is 1120. The van der Waals surface area contributed by atoms with E-state index < -0.39 is 5.91 Å². The molecule has 3 aromatic heterocycles. The summed E-state index contributed by atoms with van der Waals surface area (Å²) >= 11 is 0. The number of imidazole rings is 1. The van der Waals surface area contributed by atoms with E-state index in [1.165, 1.54) is 16.6 Å². The van der Waals surface area contributed by atoms with Gasteiger partial charge in [0.15, 0.2) is 11.5 Å². The molecule has 0 atom stereocenters. The van der Waals surface area contributed by atoms with E-state index in [2.05, 4.69) is 20.4 Å². The van der Waals surface area contributed by atoms with E-state index in [1.807, 2.05) is 13.0 Å². The lowest BCUT2D eigenvalue weighted by atomic mass is 10.2. The number of phenols is 1. The Labute approximate surface area is 161 Å². The molecule has 0 fully saturated rings. The number of pyridine rings is 1. The molecule has 0 aliphatic carbocycles. The van der Waals surface area contributed by atoms with E-state index in [9.17, 15) is 9.90 Å². The van der Waals surface area contributed by atoms with Gasteiger partial charge in [-0.3, -0.25) is 9.78 Å². The van der Waals surface area contributed by atoms with Crippen molar-refractivity contribution < 1.29 is 14.6 Å². The van der Waals surface area contributed by atoms with Crippen LogP contribution in [-0.4, -0.2) is 30.6 Å². The van der Waals surface area contributed by atoms with E-state index in [0.717, 1.165) is 5.69 Å². The van der Waals surface area contributed by atoms with Crippen LogP contribution in [0.2, 0.25) is 0 Å². The molecule has 1 amide bonds. The number of aromatic nitrogens is 4. The van der Waals surface area contributed by atoms with Crippen molar-refractivity contribution in [3.8, 4) is 17.4 Å². The van der Waals surface area contributed by atoms with Gasteiger partial charge < -0.3 is 15.2 Å². The maximum absolute atomic E-state index is 12.3. The number of carbonyl (C=O) groups is 1. The van der Waals surface area contributed by atoms with Crippen molar-refractivity contribution in [2.45, 2.75) is 14.4 Å². The first kappa shape index (κ1) is 18.8.